The number of rotatable bonds is 5. The summed E-state index contributed by atoms with van der Waals surface area (Å²) in [7, 11) is 1.75. The first-order valence-corrected chi connectivity index (χ1v) is 6.46. The van der Waals surface area contributed by atoms with E-state index in [1.165, 1.54) is 11.1 Å². The molecule has 1 aliphatic rings. The first kappa shape index (κ1) is 12.4. The van der Waals surface area contributed by atoms with Crippen molar-refractivity contribution in [1.29, 1.82) is 0 Å². The van der Waals surface area contributed by atoms with Gasteiger partial charge in [-0.3, -0.25) is 0 Å². The van der Waals surface area contributed by atoms with Crippen molar-refractivity contribution < 1.29 is 9.47 Å². The summed E-state index contributed by atoms with van der Waals surface area (Å²) in [6.07, 6.45) is 3.13. The minimum absolute atomic E-state index is 0.444. The lowest BCUT2D eigenvalue weighted by Gasteiger charge is -2.20. The molecule has 3 atom stereocenters. The van der Waals surface area contributed by atoms with Gasteiger partial charge in [-0.05, 0) is 44.2 Å². The molecule has 0 aliphatic carbocycles. The van der Waals surface area contributed by atoms with Crippen LogP contribution in [0.15, 0.2) is 18.2 Å². The molecule has 0 radical (unpaired) electrons. The fourth-order valence-corrected chi connectivity index (χ4v) is 2.60. The molecule has 0 aromatic heterocycles. The summed E-state index contributed by atoms with van der Waals surface area (Å²) in [5.41, 5.74) is 2.68. The number of hydrogen-bond acceptors (Lipinski definition) is 2. The third kappa shape index (κ3) is 2.63. The smallest absolute Gasteiger partial charge is 0.122 e. The van der Waals surface area contributed by atoms with Crippen LogP contribution < -0.4 is 4.74 Å². The van der Waals surface area contributed by atoms with Crippen LogP contribution in [-0.2, 0) is 4.74 Å². The van der Waals surface area contributed by atoms with E-state index in [9.17, 15) is 0 Å². The van der Waals surface area contributed by atoms with Gasteiger partial charge in [0.15, 0.2) is 0 Å². The Bertz CT molecular complexity index is 387. The van der Waals surface area contributed by atoms with Gasteiger partial charge >= 0.3 is 0 Å². The predicted molar refractivity (Wildman–Crippen MR) is 69.7 cm³/mol. The average molecular weight is 234 g/mol. The number of ether oxygens (including phenoxy) is 2. The Morgan fingerprint density at radius 2 is 2.12 bits per heavy atom. The van der Waals surface area contributed by atoms with E-state index in [0.717, 1.165) is 18.6 Å². The molecule has 0 bridgehead atoms. The van der Waals surface area contributed by atoms with E-state index in [1.807, 2.05) is 0 Å². The SMILES string of the molecule is CCC(CC1OC1C)c1c(C)cccc1OC. The molecule has 1 heterocycles. The molecule has 2 nitrogen and oxygen atoms in total. The van der Waals surface area contributed by atoms with Gasteiger partial charge in [0, 0.05) is 5.56 Å². The standard InChI is InChI=1S/C15H22O2/c1-5-12(9-14-11(3)17-14)15-10(2)7-6-8-13(15)16-4/h6-8,11-12,14H,5,9H2,1-4H3. The summed E-state index contributed by atoms with van der Waals surface area (Å²) in [6, 6.07) is 6.28. The van der Waals surface area contributed by atoms with Crippen LogP contribution >= 0.6 is 0 Å². The van der Waals surface area contributed by atoms with E-state index in [1.54, 1.807) is 7.11 Å². The molecule has 1 aromatic rings. The van der Waals surface area contributed by atoms with Crippen molar-refractivity contribution in [3.8, 4) is 5.75 Å². The van der Waals surface area contributed by atoms with Crippen LogP contribution in [0, 0.1) is 6.92 Å². The normalized spacial score (nSPS) is 24.5. The van der Waals surface area contributed by atoms with Gasteiger partial charge in [0.1, 0.15) is 5.75 Å². The lowest BCUT2D eigenvalue weighted by molar-refractivity contribution is 0.352. The topological polar surface area (TPSA) is 21.8 Å². The zero-order valence-corrected chi connectivity index (χ0v) is 11.2. The lowest BCUT2D eigenvalue weighted by Crippen LogP contribution is -2.07. The Balaban J connectivity index is 2.22. The molecule has 3 unspecified atom stereocenters. The van der Waals surface area contributed by atoms with Crippen molar-refractivity contribution in [1.82, 2.24) is 0 Å². The Hall–Kier alpha value is -1.02. The Labute approximate surface area is 104 Å². The number of benzene rings is 1. The largest absolute Gasteiger partial charge is 0.496 e. The predicted octanol–water partition coefficient (Wildman–Crippen LogP) is 3.67. The summed E-state index contributed by atoms with van der Waals surface area (Å²) in [6.45, 7) is 6.55. The summed E-state index contributed by atoms with van der Waals surface area (Å²) >= 11 is 0. The van der Waals surface area contributed by atoms with Crippen molar-refractivity contribution in [3.05, 3.63) is 29.3 Å². The Kier molecular flexibility index (Phi) is 3.72. The van der Waals surface area contributed by atoms with E-state index in [0.29, 0.717) is 18.1 Å². The van der Waals surface area contributed by atoms with Gasteiger partial charge < -0.3 is 9.47 Å². The van der Waals surface area contributed by atoms with Crippen LogP contribution in [0.2, 0.25) is 0 Å². The molecular weight excluding hydrogens is 212 g/mol. The van der Waals surface area contributed by atoms with Crippen molar-refractivity contribution in [2.24, 2.45) is 0 Å². The highest BCUT2D eigenvalue weighted by Crippen LogP contribution is 2.39. The molecule has 2 rings (SSSR count). The molecule has 94 valence electrons. The Morgan fingerprint density at radius 3 is 2.65 bits per heavy atom. The van der Waals surface area contributed by atoms with Crippen LogP contribution in [-0.4, -0.2) is 19.3 Å². The van der Waals surface area contributed by atoms with Crippen LogP contribution in [0.4, 0.5) is 0 Å². The van der Waals surface area contributed by atoms with Gasteiger partial charge in [0.25, 0.3) is 0 Å². The van der Waals surface area contributed by atoms with E-state index >= 15 is 0 Å². The maximum atomic E-state index is 5.54. The quantitative estimate of drug-likeness (QED) is 0.725. The summed E-state index contributed by atoms with van der Waals surface area (Å²) in [4.78, 5) is 0. The van der Waals surface area contributed by atoms with E-state index in [4.69, 9.17) is 9.47 Å². The van der Waals surface area contributed by atoms with Crippen LogP contribution in [0.25, 0.3) is 0 Å². The third-order valence-corrected chi connectivity index (χ3v) is 3.76. The first-order chi connectivity index (χ1) is 8.17. The maximum Gasteiger partial charge on any atom is 0.122 e. The van der Waals surface area contributed by atoms with Gasteiger partial charge in [0.05, 0.1) is 19.3 Å². The molecule has 0 N–H and O–H groups in total. The van der Waals surface area contributed by atoms with Gasteiger partial charge in [-0.1, -0.05) is 19.1 Å². The molecule has 17 heavy (non-hydrogen) atoms. The summed E-state index contributed by atoms with van der Waals surface area (Å²) in [5.74, 6) is 1.56. The molecule has 0 spiro atoms. The van der Waals surface area contributed by atoms with E-state index in [-0.39, 0.29) is 0 Å². The molecule has 1 aromatic carbocycles. The second kappa shape index (κ2) is 5.09. The van der Waals surface area contributed by atoms with Gasteiger partial charge in [0.2, 0.25) is 0 Å². The summed E-state index contributed by atoms with van der Waals surface area (Å²) < 4.78 is 11.0. The van der Waals surface area contributed by atoms with Crippen LogP contribution in [0.5, 0.6) is 5.75 Å². The Morgan fingerprint density at radius 1 is 1.41 bits per heavy atom. The minimum atomic E-state index is 0.444. The zero-order chi connectivity index (χ0) is 12.4. The lowest BCUT2D eigenvalue weighted by atomic mass is 9.87. The van der Waals surface area contributed by atoms with Gasteiger partial charge in [-0.25, -0.2) is 0 Å². The van der Waals surface area contributed by atoms with Crippen molar-refractivity contribution in [3.63, 3.8) is 0 Å². The maximum absolute atomic E-state index is 5.54. The highest BCUT2D eigenvalue weighted by Gasteiger charge is 2.36. The van der Waals surface area contributed by atoms with Crippen molar-refractivity contribution in [2.75, 3.05) is 7.11 Å². The molecule has 2 heteroatoms. The highest BCUT2D eigenvalue weighted by molar-refractivity contribution is 5.42. The van der Waals surface area contributed by atoms with Crippen molar-refractivity contribution in [2.45, 2.75) is 51.7 Å². The molecule has 0 saturated carbocycles. The van der Waals surface area contributed by atoms with Gasteiger partial charge in [-0.15, -0.1) is 0 Å². The molecule has 1 fully saturated rings. The molecule has 0 amide bonds. The van der Waals surface area contributed by atoms with Crippen LogP contribution in [0.3, 0.4) is 0 Å². The first-order valence-electron chi connectivity index (χ1n) is 6.46. The van der Waals surface area contributed by atoms with E-state index in [2.05, 4.69) is 39.0 Å². The molecule has 1 saturated heterocycles. The summed E-state index contributed by atoms with van der Waals surface area (Å²) in [5, 5.41) is 0. The number of aryl methyl sites for hydroxylation is 1. The number of hydrogen-bond donors (Lipinski definition) is 0. The van der Waals surface area contributed by atoms with Crippen LogP contribution in [0.1, 0.15) is 43.7 Å². The fraction of sp³-hybridized carbons (Fsp3) is 0.600. The second-order valence-corrected chi connectivity index (χ2v) is 4.91. The average Bonchev–Trinajstić information content (AvgIpc) is 3.02. The van der Waals surface area contributed by atoms with Gasteiger partial charge in [-0.2, -0.15) is 0 Å². The fourth-order valence-electron chi connectivity index (χ4n) is 2.60. The zero-order valence-electron chi connectivity index (χ0n) is 11.2. The van der Waals surface area contributed by atoms with E-state index < -0.39 is 0 Å². The monoisotopic (exact) mass is 234 g/mol. The number of methoxy groups -OCH3 is 1. The second-order valence-electron chi connectivity index (χ2n) is 4.91. The highest BCUT2D eigenvalue weighted by atomic mass is 16.6. The number of epoxide rings is 1. The minimum Gasteiger partial charge on any atom is -0.496 e. The van der Waals surface area contributed by atoms with Crippen molar-refractivity contribution >= 4 is 0 Å². The molecular formula is C15H22O2. The third-order valence-electron chi connectivity index (χ3n) is 3.76. The molecule has 1 aliphatic heterocycles.